The van der Waals surface area contributed by atoms with Gasteiger partial charge in [-0.1, -0.05) is 12.2 Å². The molecule has 0 aromatic heterocycles. The number of rotatable bonds is 3. The molecule has 2 nitrogen and oxygen atoms in total. The quantitative estimate of drug-likeness (QED) is 0.416. The van der Waals surface area contributed by atoms with Gasteiger partial charge in [0.2, 0.25) is 0 Å². The zero-order chi connectivity index (χ0) is 5.70. The summed E-state index contributed by atoms with van der Waals surface area (Å²) < 4.78 is 0. The summed E-state index contributed by atoms with van der Waals surface area (Å²) in [5.74, 6) is 0. The van der Waals surface area contributed by atoms with E-state index in [4.69, 9.17) is 0 Å². The van der Waals surface area contributed by atoms with E-state index in [9.17, 15) is 0 Å². The van der Waals surface area contributed by atoms with E-state index in [1.54, 1.807) is 0 Å². The Balaban J connectivity index is 2.81. The molecule has 0 radical (unpaired) electrons. The van der Waals surface area contributed by atoms with Crippen LogP contribution in [0.25, 0.3) is 0 Å². The number of nitrogens with one attached hydrogen (secondary N) is 1. The Bertz CT molecular complexity index is 53.7. The molecule has 0 rings (SSSR count). The average Bonchev–Trinajstić information content (AvgIpc) is 1.61. The summed E-state index contributed by atoms with van der Waals surface area (Å²) in [6, 6.07) is 0. The smallest absolute Gasteiger partial charge is 0.0675 e. The van der Waals surface area contributed by atoms with E-state index in [-0.39, 0.29) is 0 Å². The van der Waals surface area contributed by atoms with Crippen LogP contribution in [0.15, 0.2) is 0 Å². The van der Waals surface area contributed by atoms with Gasteiger partial charge in [-0.05, 0) is 14.1 Å². The fraction of sp³-hybridized carbons (Fsp3) is 0.750. The molecule has 0 aliphatic heterocycles. The lowest BCUT2D eigenvalue weighted by Gasteiger charge is -2.06. The minimum atomic E-state index is 0.823. The van der Waals surface area contributed by atoms with Crippen molar-refractivity contribution in [2.24, 2.45) is 0 Å². The van der Waals surface area contributed by atoms with Gasteiger partial charge in [-0.25, -0.2) is 0 Å². The molecule has 0 saturated carbocycles. The van der Waals surface area contributed by atoms with Gasteiger partial charge < -0.3 is 5.32 Å². The molecule has 0 amide bonds. The highest BCUT2D eigenvalue weighted by Gasteiger charge is 1.79. The first kappa shape index (κ1) is 6.85. The second-order valence-electron chi connectivity index (χ2n) is 1.56. The van der Waals surface area contributed by atoms with Crippen LogP contribution in [0.1, 0.15) is 0 Å². The van der Waals surface area contributed by atoms with Crippen molar-refractivity contribution in [3.63, 3.8) is 0 Å². The number of hydrogen-bond donors (Lipinski definition) is 1. The van der Waals surface area contributed by atoms with Crippen molar-refractivity contribution in [2.45, 2.75) is 0 Å². The number of nitrogens with zero attached hydrogens (tertiary/aromatic N) is 1. The summed E-state index contributed by atoms with van der Waals surface area (Å²) >= 11 is 4.51. The van der Waals surface area contributed by atoms with E-state index < -0.39 is 0 Å². The van der Waals surface area contributed by atoms with Crippen LogP contribution in [0, 0.1) is 0 Å². The van der Waals surface area contributed by atoms with Crippen molar-refractivity contribution in [1.29, 1.82) is 0 Å². The minimum Gasteiger partial charge on any atom is -0.369 e. The number of hydrogen-bond acceptors (Lipinski definition) is 2. The fourth-order valence-electron chi connectivity index (χ4n) is 0.220. The molecule has 1 N–H and O–H groups in total. The molecule has 0 atom stereocenters. The maximum absolute atomic E-state index is 4.51. The summed E-state index contributed by atoms with van der Waals surface area (Å²) in [5.41, 5.74) is 1.51. The monoisotopic (exact) mass is 118 g/mol. The van der Waals surface area contributed by atoms with Crippen molar-refractivity contribution >= 4 is 17.7 Å². The first-order chi connectivity index (χ1) is 3.27. The molecule has 0 unspecified atom stereocenters. The largest absolute Gasteiger partial charge is 0.369 e. The Morgan fingerprint density at radius 3 is 2.43 bits per heavy atom. The van der Waals surface area contributed by atoms with E-state index in [0.29, 0.717) is 0 Å². The highest BCUT2D eigenvalue weighted by molar-refractivity contribution is 7.78. The van der Waals surface area contributed by atoms with Crippen molar-refractivity contribution in [1.82, 2.24) is 10.2 Å². The highest BCUT2D eigenvalue weighted by atomic mass is 32.1. The second kappa shape index (κ2) is 4.02. The van der Waals surface area contributed by atoms with Crippen molar-refractivity contribution < 1.29 is 0 Å². The van der Waals surface area contributed by atoms with E-state index >= 15 is 0 Å². The SMILES string of the molecule is CN(C)CNC=S. The lowest BCUT2D eigenvalue weighted by atomic mass is 10.9. The van der Waals surface area contributed by atoms with Gasteiger partial charge in [-0.3, -0.25) is 4.90 Å². The zero-order valence-corrected chi connectivity index (χ0v) is 5.46. The van der Waals surface area contributed by atoms with Crippen LogP contribution in [0.2, 0.25) is 0 Å². The van der Waals surface area contributed by atoms with Crippen LogP contribution < -0.4 is 5.32 Å². The van der Waals surface area contributed by atoms with Gasteiger partial charge in [-0.15, -0.1) is 0 Å². The van der Waals surface area contributed by atoms with Gasteiger partial charge in [0.15, 0.2) is 0 Å². The molecule has 0 aliphatic rings. The zero-order valence-electron chi connectivity index (χ0n) is 4.64. The second-order valence-corrected chi connectivity index (χ2v) is 1.80. The predicted octanol–water partition coefficient (Wildman–Crippen LogP) is 0.0523. The molecule has 0 aliphatic carbocycles. The summed E-state index contributed by atoms with van der Waals surface area (Å²) in [6.07, 6.45) is 0. The highest BCUT2D eigenvalue weighted by Crippen LogP contribution is 1.62. The average molecular weight is 118 g/mol. The van der Waals surface area contributed by atoms with Crippen LogP contribution >= 0.6 is 12.2 Å². The van der Waals surface area contributed by atoms with Gasteiger partial charge >= 0.3 is 0 Å². The van der Waals surface area contributed by atoms with Gasteiger partial charge in [-0.2, -0.15) is 0 Å². The third kappa shape index (κ3) is 5.85. The summed E-state index contributed by atoms with van der Waals surface area (Å²) in [5, 5.41) is 2.86. The van der Waals surface area contributed by atoms with E-state index in [1.165, 1.54) is 5.49 Å². The minimum absolute atomic E-state index is 0.823. The molecular weight excluding hydrogens is 108 g/mol. The van der Waals surface area contributed by atoms with Crippen LogP contribution in [0.3, 0.4) is 0 Å². The van der Waals surface area contributed by atoms with Crippen LogP contribution in [0.4, 0.5) is 0 Å². The van der Waals surface area contributed by atoms with E-state index in [2.05, 4.69) is 17.5 Å². The van der Waals surface area contributed by atoms with Gasteiger partial charge in [0.25, 0.3) is 0 Å². The van der Waals surface area contributed by atoms with Gasteiger partial charge in [0.05, 0.1) is 12.2 Å². The summed E-state index contributed by atoms with van der Waals surface area (Å²) in [4.78, 5) is 2.00. The molecule has 0 aromatic carbocycles. The molecule has 7 heavy (non-hydrogen) atoms. The third-order valence-electron chi connectivity index (χ3n) is 0.491. The maximum Gasteiger partial charge on any atom is 0.0675 e. The molecule has 42 valence electrons. The van der Waals surface area contributed by atoms with Crippen LogP contribution in [-0.2, 0) is 0 Å². The fourth-order valence-corrected chi connectivity index (χ4v) is 0.294. The molecule has 0 aromatic rings. The number of thiocarbonyl (C=S) groups is 1. The topological polar surface area (TPSA) is 15.3 Å². The lowest BCUT2D eigenvalue weighted by Crippen LogP contribution is -2.25. The molecule has 0 fully saturated rings. The van der Waals surface area contributed by atoms with Crippen molar-refractivity contribution in [3.05, 3.63) is 0 Å². The summed E-state index contributed by atoms with van der Waals surface area (Å²) in [6.45, 7) is 0.823. The third-order valence-corrected chi connectivity index (χ3v) is 0.658. The Labute approximate surface area is 49.5 Å². The Morgan fingerprint density at radius 1 is 1.71 bits per heavy atom. The predicted molar refractivity (Wildman–Crippen MR) is 35.3 cm³/mol. The standard InChI is InChI=1S/C4H10N2S/c1-6(2)3-5-4-7/h4H,3H2,1-2H3,(H,5,7). The Hall–Kier alpha value is -0.150. The molecule has 0 heterocycles. The molecule has 0 saturated heterocycles. The van der Waals surface area contributed by atoms with Crippen LogP contribution in [0.5, 0.6) is 0 Å². The Morgan fingerprint density at radius 2 is 2.29 bits per heavy atom. The van der Waals surface area contributed by atoms with Crippen LogP contribution in [-0.4, -0.2) is 31.2 Å². The van der Waals surface area contributed by atoms with Crippen molar-refractivity contribution in [2.75, 3.05) is 20.8 Å². The first-order valence-electron chi connectivity index (χ1n) is 2.09. The van der Waals surface area contributed by atoms with E-state index in [1.807, 2.05) is 19.0 Å². The molecular formula is C4H10N2S. The van der Waals surface area contributed by atoms with Crippen molar-refractivity contribution in [3.8, 4) is 0 Å². The van der Waals surface area contributed by atoms with Gasteiger partial charge in [0, 0.05) is 0 Å². The summed E-state index contributed by atoms with van der Waals surface area (Å²) in [7, 11) is 3.96. The Kier molecular flexibility index (Phi) is 3.93. The molecule has 3 heteroatoms. The lowest BCUT2D eigenvalue weighted by molar-refractivity contribution is 0.403. The molecule has 0 spiro atoms. The van der Waals surface area contributed by atoms with E-state index in [0.717, 1.165) is 6.67 Å². The first-order valence-corrected chi connectivity index (χ1v) is 2.56. The maximum atomic E-state index is 4.51. The molecule has 0 bridgehead atoms. The van der Waals surface area contributed by atoms with Gasteiger partial charge in [0.1, 0.15) is 0 Å². The normalized spacial score (nSPS) is 9.00.